The molecule has 2 aromatic heterocycles. The topological polar surface area (TPSA) is 113 Å². The van der Waals surface area contributed by atoms with Crippen molar-refractivity contribution in [3.63, 3.8) is 0 Å². The highest BCUT2D eigenvalue weighted by Crippen LogP contribution is 2.44. The van der Waals surface area contributed by atoms with Crippen LogP contribution in [0.25, 0.3) is 11.0 Å². The van der Waals surface area contributed by atoms with Crippen molar-refractivity contribution in [2.45, 2.75) is 30.8 Å². The molecule has 4 rings (SSSR count). The van der Waals surface area contributed by atoms with Gasteiger partial charge in [0.15, 0.2) is 5.82 Å². The molecule has 1 saturated carbocycles. The second kappa shape index (κ2) is 9.23. The van der Waals surface area contributed by atoms with Crippen molar-refractivity contribution < 1.29 is 20.2 Å². The third-order valence-corrected chi connectivity index (χ3v) is 6.19. The fourth-order valence-corrected chi connectivity index (χ4v) is 4.30. The van der Waals surface area contributed by atoms with E-state index in [2.05, 4.69) is 15.4 Å². The van der Waals surface area contributed by atoms with Gasteiger partial charge < -0.3 is 19.9 Å². The summed E-state index contributed by atoms with van der Waals surface area (Å²) in [5, 5.41) is 33.6. The molecule has 1 fully saturated rings. The minimum absolute atomic E-state index is 0. The van der Waals surface area contributed by atoms with Crippen LogP contribution in [0.4, 0.5) is 5.82 Å². The zero-order chi connectivity index (χ0) is 20.7. The third kappa shape index (κ3) is 3.97. The van der Waals surface area contributed by atoms with Crippen LogP contribution in [0.5, 0.6) is 0 Å². The van der Waals surface area contributed by atoms with E-state index in [4.69, 9.17) is 28.0 Å². The SMILES string of the molecule is CONc1ncnc2c1ccn2[C@@H]1C[C@H]([C@H](O)c2ccc(Cl)c(Cl)c2)[C@@H](O)[C@H]1O.Cl. The smallest absolute Gasteiger partial charge is 0.162 e. The Morgan fingerprint density at radius 2 is 1.93 bits per heavy atom. The molecule has 2 heterocycles. The number of benzene rings is 1. The summed E-state index contributed by atoms with van der Waals surface area (Å²) in [5.74, 6) is -0.0974. The van der Waals surface area contributed by atoms with Crippen LogP contribution in [-0.4, -0.2) is 49.2 Å². The number of anilines is 1. The summed E-state index contributed by atoms with van der Waals surface area (Å²) >= 11 is 12.0. The molecule has 0 amide bonds. The molecule has 1 aromatic carbocycles. The molecular weight excluding hydrogens is 455 g/mol. The maximum atomic E-state index is 10.8. The summed E-state index contributed by atoms with van der Waals surface area (Å²) < 4.78 is 1.79. The van der Waals surface area contributed by atoms with E-state index in [1.807, 2.05) is 0 Å². The Bertz CT molecular complexity index is 1030. The molecule has 0 radical (unpaired) electrons. The maximum Gasteiger partial charge on any atom is 0.162 e. The Morgan fingerprint density at radius 3 is 2.63 bits per heavy atom. The number of aromatic nitrogens is 3. The van der Waals surface area contributed by atoms with Crippen molar-refractivity contribution in [3.8, 4) is 0 Å². The zero-order valence-corrected chi connectivity index (χ0v) is 18.1. The Kier molecular flexibility index (Phi) is 7.09. The van der Waals surface area contributed by atoms with Crippen LogP contribution in [-0.2, 0) is 4.84 Å². The number of hydrogen-bond acceptors (Lipinski definition) is 7. The second-order valence-electron chi connectivity index (χ2n) is 7.06. The van der Waals surface area contributed by atoms with Crippen LogP contribution in [0.15, 0.2) is 36.8 Å². The second-order valence-corrected chi connectivity index (χ2v) is 7.87. The van der Waals surface area contributed by atoms with Gasteiger partial charge in [-0.25, -0.2) is 15.4 Å². The van der Waals surface area contributed by atoms with Crippen LogP contribution in [0.2, 0.25) is 10.0 Å². The molecule has 0 spiro atoms. The van der Waals surface area contributed by atoms with Gasteiger partial charge >= 0.3 is 0 Å². The zero-order valence-electron chi connectivity index (χ0n) is 15.8. The van der Waals surface area contributed by atoms with E-state index in [0.717, 1.165) is 0 Å². The number of halogens is 3. The van der Waals surface area contributed by atoms with Crippen LogP contribution < -0.4 is 5.48 Å². The first-order valence-corrected chi connectivity index (χ1v) is 9.77. The summed E-state index contributed by atoms with van der Waals surface area (Å²) in [6.45, 7) is 0. The molecule has 0 bridgehead atoms. The Balaban J connectivity index is 0.00000256. The van der Waals surface area contributed by atoms with Gasteiger partial charge in [-0.1, -0.05) is 29.3 Å². The summed E-state index contributed by atoms with van der Waals surface area (Å²) in [6, 6.07) is 6.15. The highest BCUT2D eigenvalue weighted by atomic mass is 35.5. The highest BCUT2D eigenvalue weighted by Gasteiger charge is 2.46. The average molecular weight is 476 g/mol. The Hall–Kier alpha value is -1.65. The van der Waals surface area contributed by atoms with Crippen LogP contribution in [0, 0.1) is 5.92 Å². The molecular formula is C19H21Cl3N4O4. The minimum Gasteiger partial charge on any atom is -0.390 e. The van der Waals surface area contributed by atoms with Gasteiger partial charge in [0.25, 0.3) is 0 Å². The van der Waals surface area contributed by atoms with Crippen molar-refractivity contribution in [2.75, 3.05) is 12.6 Å². The molecule has 162 valence electrons. The molecule has 11 heteroatoms. The molecule has 8 nitrogen and oxygen atoms in total. The fourth-order valence-electron chi connectivity index (χ4n) is 3.99. The Morgan fingerprint density at radius 1 is 1.17 bits per heavy atom. The lowest BCUT2D eigenvalue weighted by molar-refractivity contribution is -0.0264. The first kappa shape index (κ1) is 23.0. The van der Waals surface area contributed by atoms with Crippen molar-refractivity contribution in [1.29, 1.82) is 0 Å². The van der Waals surface area contributed by atoms with Gasteiger partial charge in [-0.05, 0) is 30.2 Å². The summed E-state index contributed by atoms with van der Waals surface area (Å²) in [4.78, 5) is 13.4. The van der Waals surface area contributed by atoms with Crippen molar-refractivity contribution in [3.05, 3.63) is 52.4 Å². The Labute approximate surface area is 188 Å². The van der Waals surface area contributed by atoms with Gasteiger partial charge in [0.05, 0.1) is 40.8 Å². The predicted molar refractivity (Wildman–Crippen MR) is 116 cm³/mol. The van der Waals surface area contributed by atoms with E-state index in [1.165, 1.54) is 13.4 Å². The number of hydrogen-bond donors (Lipinski definition) is 4. The summed E-state index contributed by atoms with van der Waals surface area (Å²) in [6.07, 6.45) is 0.280. The van der Waals surface area contributed by atoms with Gasteiger partial charge in [0.2, 0.25) is 0 Å². The molecule has 0 unspecified atom stereocenters. The summed E-state index contributed by atoms with van der Waals surface area (Å²) in [5.41, 5.74) is 3.81. The number of aliphatic hydroxyl groups excluding tert-OH is 3. The van der Waals surface area contributed by atoms with Gasteiger partial charge in [0, 0.05) is 12.1 Å². The van der Waals surface area contributed by atoms with Crippen molar-refractivity contribution in [2.24, 2.45) is 5.92 Å². The van der Waals surface area contributed by atoms with E-state index in [-0.39, 0.29) is 12.4 Å². The lowest BCUT2D eigenvalue weighted by Gasteiger charge is -2.22. The molecule has 30 heavy (non-hydrogen) atoms. The van der Waals surface area contributed by atoms with E-state index >= 15 is 0 Å². The number of rotatable bonds is 5. The van der Waals surface area contributed by atoms with Crippen LogP contribution in [0.1, 0.15) is 24.1 Å². The molecule has 3 aromatic rings. The molecule has 5 atom stereocenters. The molecule has 0 saturated heterocycles. The highest BCUT2D eigenvalue weighted by molar-refractivity contribution is 6.42. The average Bonchev–Trinajstić information content (AvgIpc) is 3.26. The summed E-state index contributed by atoms with van der Waals surface area (Å²) in [7, 11) is 1.48. The number of fused-ring (bicyclic) bond motifs is 1. The van der Waals surface area contributed by atoms with E-state index in [0.29, 0.717) is 38.9 Å². The minimum atomic E-state index is -1.12. The normalized spacial score (nSPS) is 24.6. The van der Waals surface area contributed by atoms with Gasteiger partial charge in [-0.2, -0.15) is 0 Å². The van der Waals surface area contributed by atoms with Crippen LogP contribution >= 0.6 is 35.6 Å². The third-order valence-electron chi connectivity index (χ3n) is 5.45. The number of nitrogens with zero attached hydrogens (tertiary/aromatic N) is 3. The first-order valence-electron chi connectivity index (χ1n) is 9.02. The van der Waals surface area contributed by atoms with E-state index < -0.39 is 30.3 Å². The van der Waals surface area contributed by atoms with E-state index in [9.17, 15) is 15.3 Å². The quantitative estimate of drug-likeness (QED) is 0.419. The standard InChI is InChI=1S/C19H20Cl2N4O4.ClH/c1-29-24-18-10-4-5-25(19(10)23-8-22-18)14-7-11(16(27)17(14)28)15(26)9-2-3-12(20)13(21)6-9;/h2-6,8,11,14-17,26-28H,7H2,1H3,(H,22,23,24);1H/t11-,14-,15-,16-,17+;/m1./s1. The molecule has 1 aliphatic carbocycles. The maximum absolute atomic E-state index is 10.8. The van der Waals surface area contributed by atoms with Gasteiger partial charge in [-0.15, -0.1) is 12.4 Å². The predicted octanol–water partition coefficient (Wildman–Crippen LogP) is 3.15. The van der Waals surface area contributed by atoms with Gasteiger partial charge in [0.1, 0.15) is 18.1 Å². The monoisotopic (exact) mass is 474 g/mol. The van der Waals surface area contributed by atoms with Crippen molar-refractivity contribution >= 4 is 52.5 Å². The molecule has 1 aliphatic rings. The number of nitrogens with one attached hydrogen (secondary N) is 1. The lowest BCUT2D eigenvalue weighted by Crippen LogP contribution is -2.31. The number of aliphatic hydroxyl groups is 3. The van der Waals surface area contributed by atoms with E-state index in [1.54, 1.807) is 35.0 Å². The fraction of sp³-hybridized carbons (Fsp3) is 0.368. The largest absolute Gasteiger partial charge is 0.390 e. The lowest BCUT2D eigenvalue weighted by atomic mass is 9.92. The first-order chi connectivity index (χ1) is 13.9. The molecule has 0 aliphatic heterocycles. The van der Waals surface area contributed by atoms with Gasteiger partial charge in [-0.3, -0.25) is 4.84 Å². The van der Waals surface area contributed by atoms with Crippen LogP contribution in [0.3, 0.4) is 0 Å². The van der Waals surface area contributed by atoms with Crippen molar-refractivity contribution in [1.82, 2.24) is 14.5 Å². The molecule has 4 N–H and O–H groups in total.